The maximum Gasteiger partial charge on any atom is 0.139 e. The summed E-state index contributed by atoms with van der Waals surface area (Å²) in [7, 11) is 0. The van der Waals surface area contributed by atoms with Crippen LogP contribution in [0.5, 0.6) is 5.75 Å². The topological polar surface area (TPSA) is 57.2 Å². The van der Waals surface area contributed by atoms with E-state index in [0.717, 1.165) is 33.4 Å². The van der Waals surface area contributed by atoms with Gasteiger partial charge in [0.15, 0.2) is 0 Å². The summed E-state index contributed by atoms with van der Waals surface area (Å²) in [5, 5.41) is 24.9. The fraction of sp³-hybridized carbons (Fsp3) is 0.227. The second kappa shape index (κ2) is 6.83. The highest BCUT2D eigenvalue weighted by atomic mass is 32.1. The van der Waals surface area contributed by atoms with Crippen molar-refractivity contribution in [3.8, 4) is 5.75 Å². The van der Waals surface area contributed by atoms with E-state index in [1.807, 2.05) is 30.3 Å². The molecule has 27 heavy (non-hydrogen) atoms. The average Bonchev–Trinajstić information content (AvgIpc) is 3.11. The predicted octanol–water partition coefficient (Wildman–Crippen LogP) is 5.79. The smallest absolute Gasteiger partial charge is 0.139 e. The molecule has 4 rings (SSSR count). The molecule has 0 aliphatic rings. The van der Waals surface area contributed by atoms with Crippen molar-refractivity contribution in [1.29, 1.82) is 0 Å². The molecule has 138 valence electrons. The number of aromatic nitrogens is 1. The van der Waals surface area contributed by atoms with Crippen LogP contribution in [0.3, 0.4) is 0 Å². The number of rotatable bonds is 4. The average molecular weight is 378 g/mol. The number of para-hydroxylation sites is 1. The van der Waals surface area contributed by atoms with Crippen LogP contribution in [-0.4, -0.2) is 15.6 Å². The van der Waals surface area contributed by atoms with Gasteiger partial charge in [0.1, 0.15) is 11.6 Å². The molecule has 0 atom stereocenters. The van der Waals surface area contributed by atoms with Crippen molar-refractivity contribution >= 4 is 44.5 Å². The number of phenols is 1. The number of nitrogens with zero attached hydrogens (tertiary/aromatic N) is 1. The largest absolute Gasteiger partial charge is 0.508 e. The number of hydrogen-bond acceptors (Lipinski definition) is 5. The molecule has 0 amide bonds. The van der Waals surface area contributed by atoms with Gasteiger partial charge in [-0.3, -0.25) is 0 Å². The standard InChI is InChI=1S/C22H23N3OS/c1-22(2,3)23-11-14-8-9-15(10-20(14)26)24-21-18-13-27-12-17(18)16-6-4-5-7-19(16)25-21/h4-10,12-13,23,26H,11H2,1-3H3,(H,24,25). The lowest BCUT2D eigenvalue weighted by molar-refractivity contribution is 0.412. The van der Waals surface area contributed by atoms with Crippen LogP contribution in [0.4, 0.5) is 11.5 Å². The second-order valence-corrected chi connectivity index (χ2v) is 8.49. The summed E-state index contributed by atoms with van der Waals surface area (Å²) in [6, 6.07) is 13.8. The van der Waals surface area contributed by atoms with E-state index in [1.54, 1.807) is 17.4 Å². The van der Waals surface area contributed by atoms with Gasteiger partial charge in [-0.1, -0.05) is 24.3 Å². The molecule has 0 saturated heterocycles. The number of aromatic hydroxyl groups is 1. The third kappa shape index (κ3) is 3.75. The lowest BCUT2D eigenvalue weighted by Crippen LogP contribution is -2.35. The van der Waals surface area contributed by atoms with E-state index in [4.69, 9.17) is 4.98 Å². The van der Waals surface area contributed by atoms with E-state index < -0.39 is 0 Å². The summed E-state index contributed by atoms with van der Waals surface area (Å²) in [4.78, 5) is 4.79. The quantitative estimate of drug-likeness (QED) is 0.421. The fourth-order valence-corrected chi connectivity index (χ4v) is 3.88. The van der Waals surface area contributed by atoms with Gasteiger partial charge in [-0.15, -0.1) is 0 Å². The van der Waals surface area contributed by atoms with Gasteiger partial charge in [-0.2, -0.15) is 11.3 Å². The van der Waals surface area contributed by atoms with Gasteiger partial charge in [-0.25, -0.2) is 4.98 Å². The SMILES string of the molecule is CC(C)(C)NCc1ccc(Nc2nc3ccccc3c3cscc23)cc1O. The Kier molecular flexibility index (Phi) is 4.50. The van der Waals surface area contributed by atoms with E-state index in [9.17, 15) is 5.11 Å². The Morgan fingerprint density at radius 1 is 1.00 bits per heavy atom. The minimum atomic E-state index is 0.00291. The summed E-state index contributed by atoms with van der Waals surface area (Å²) >= 11 is 1.67. The molecule has 2 aromatic carbocycles. The van der Waals surface area contributed by atoms with Gasteiger partial charge >= 0.3 is 0 Å². The predicted molar refractivity (Wildman–Crippen MR) is 115 cm³/mol. The van der Waals surface area contributed by atoms with E-state index in [2.05, 4.69) is 48.2 Å². The first-order chi connectivity index (χ1) is 12.9. The van der Waals surface area contributed by atoms with Crippen LogP contribution in [0.2, 0.25) is 0 Å². The maximum absolute atomic E-state index is 10.4. The number of nitrogens with one attached hydrogen (secondary N) is 2. The molecule has 2 heterocycles. The molecule has 2 aromatic heterocycles. The van der Waals surface area contributed by atoms with E-state index >= 15 is 0 Å². The Labute approximate surface area is 162 Å². The molecule has 4 nitrogen and oxygen atoms in total. The Hall–Kier alpha value is -2.63. The molecular weight excluding hydrogens is 354 g/mol. The summed E-state index contributed by atoms with van der Waals surface area (Å²) in [6.45, 7) is 6.95. The fourth-order valence-electron chi connectivity index (χ4n) is 3.05. The van der Waals surface area contributed by atoms with E-state index in [-0.39, 0.29) is 11.3 Å². The molecule has 0 aliphatic carbocycles. The Balaban J connectivity index is 1.66. The number of thiophene rings is 1. The van der Waals surface area contributed by atoms with E-state index in [0.29, 0.717) is 6.54 Å². The van der Waals surface area contributed by atoms with Gasteiger partial charge in [0.05, 0.1) is 5.52 Å². The van der Waals surface area contributed by atoms with Crippen molar-refractivity contribution in [2.75, 3.05) is 5.32 Å². The number of benzene rings is 2. The molecule has 0 unspecified atom stereocenters. The Morgan fingerprint density at radius 2 is 1.78 bits per heavy atom. The highest BCUT2D eigenvalue weighted by Crippen LogP contribution is 2.34. The van der Waals surface area contributed by atoms with Crippen LogP contribution in [0.25, 0.3) is 21.7 Å². The van der Waals surface area contributed by atoms with Crippen LogP contribution in [0.15, 0.2) is 53.2 Å². The third-order valence-electron chi connectivity index (χ3n) is 4.50. The monoisotopic (exact) mass is 377 g/mol. The van der Waals surface area contributed by atoms with Crippen LogP contribution in [0, 0.1) is 0 Å². The maximum atomic E-state index is 10.4. The molecule has 5 heteroatoms. The van der Waals surface area contributed by atoms with Crippen molar-refractivity contribution in [3.63, 3.8) is 0 Å². The number of hydrogen-bond donors (Lipinski definition) is 3. The molecule has 0 radical (unpaired) electrons. The highest BCUT2D eigenvalue weighted by molar-refractivity contribution is 7.09. The normalized spacial score (nSPS) is 12.0. The van der Waals surface area contributed by atoms with Gasteiger partial charge in [0.2, 0.25) is 0 Å². The van der Waals surface area contributed by atoms with Crippen LogP contribution in [0.1, 0.15) is 26.3 Å². The van der Waals surface area contributed by atoms with Crippen molar-refractivity contribution < 1.29 is 5.11 Å². The van der Waals surface area contributed by atoms with Gasteiger partial charge in [-0.05, 0) is 38.3 Å². The zero-order valence-corrected chi connectivity index (χ0v) is 16.5. The molecule has 0 aliphatic heterocycles. The number of fused-ring (bicyclic) bond motifs is 3. The van der Waals surface area contributed by atoms with Crippen molar-refractivity contribution in [1.82, 2.24) is 10.3 Å². The number of phenolic OH excluding ortho intramolecular Hbond substituents is 1. The second-order valence-electron chi connectivity index (χ2n) is 7.75. The molecule has 0 saturated carbocycles. The first kappa shape index (κ1) is 17.8. The lowest BCUT2D eigenvalue weighted by atomic mass is 10.1. The van der Waals surface area contributed by atoms with Crippen molar-refractivity contribution in [3.05, 3.63) is 58.8 Å². The number of pyridine rings is 1. The first-order valence-corrected chi connectivity index (χ1v) is 9.93. The van der Waals surface area contributed by atoms with E-state index in [1.165, 1.54) is 5.39 Å². The first-order valence-electron chi connectivity index (χ1n) is 8.99. The van der Waals surface area contributed by atoms with Crippen molar-refractivity contribution in [2.45, 2.75) is 32.9 Å². The minimum Gasteiger partial charge on any atom is -0.508 e. The molecule has 0 fully saturated rings. The van der Waals surface area contributed by atoms with Gasteiger partial charge in [0, 0.05) is 50.9 Å². The highest BCUT2D eigenvalue weighted by Gasteiger charge is 2.12. The Morgan fingerprint density at radius 3 is 2.56 bits per heavy atom. The number of anilines is 2. The summed E-state index contributed by atoms with van der Waals surface area (Å²) < 4.78 is 0. The summed E-state index contributed by atoms with van der Waals surface area (Å²) in [6.07, 6.45) is 0. The summed E-state index contributed by atoms with van der Waals surface area (Å²) in [5.41, 5.74) is 2.66. The zero-order valence-electron chi connectivity index (χ0n) is 15.7. The molecule has 0 spiro atoms. The Bertz CT molecular complexity index is 1110. The zero-order chi connectivity index (χ0) is 19.0. The molecular formula is C22H23N3OS. The van der Waals surface area contributed by atoms with Gasteiger partial charge < -0.3 is 15.7 Å². The van der Waals surface area contributed by atoms with Crippen LogP contribution < -0.4 is 10.6 Å². The third-order valence-corrected chi connectivity index (χ3v) is 5.24. The minimum absolute atomic E-state index is 0.00291. The van der Waals surface area contributed by atoms with Crippen LogP contribution in [-0.2, 0) is 6.54 Å². The molecule has 0 bridgehead atoms. The van der Waals surface area contributed by atoms with Crippen LogP contribution >= 0.6 is 11.3 Å². The van der Waals surface area contributed by atoms with Crippen molar-refractivity contribution in [2.24, 2.45) is 0 Å². The molecule has 3 N–H and O–H groups in total. The lowest BCUT2D eigenvalue weighted by Gasteiger charge is -2.21. The summed E-state index contributed by atoms with van der Waals surface area (Å²) in [5.74, 6) is 1.09. The van der Waals surface area contributed by atoms with Gasteiger partial charge in [0.25, 0.3) is 0 Å². The molecule has 4 aromatic rings.